The van der Waals surface area contributed by atoms with Crippen molar-refractivity contribution in [1.29, 1.82) is 0 Å². The molecule has 1 aliphatic rings. The van der Waals surface area contributed by atoms with Crippen LogP contribution in [0.2, 0.25) is 0 Å². The minimum absolute atomic E-state index is 0.0543. The van der Waals surface area contributed by atoms with Gasteiger partial charge in [0, 0.05) is 16.6 Å². The van der Waals surface area contributed by atoms with E-state index in [0.717, 1.165) is 5.56 Å². The molecule has 4 nitrogen and oxygen atoms in total. The van der Waals surface area contributed by atoms with Gasteiger partial charge < -0.3 is 14.0 Å². The van der Waals surface area contributed by atoms with E-state index >= 15 is 0 Å². The van der Waals surface area contributed by atoms with Crippen LogP contribution in [0.25, 0.3) is 0 Å². The smallest absolute Gasteiger partial charge is 0.489 e. The molecule has 0 N–H and O–H groups in total. The molecule has 0 bridgehead atoms. The van der Waals surface area contributed by atoms with Gasteiger partial charge in [0.2, 0.25) is 0 Å². The number of ether oxygens (including phenoxy) is 1. The maximum Gasteiger partial charge on any atom is 0.495 e. The van der Waals surface area contributed by atoms with Gasteiger partial charge >= 0.3 is 13.3 Å². The van der Waals surface area contributed by atoms with Crippen LogP contribution in [0.15, 0.2) is 42.5 Å². The van der Waals surface area contributed by atoms with Crippen molar-refractivity contribution in [3.05, 3.63) is 59.2 Å². The van der Waals surface area contributed by atoms with Crippen molar-refractivity contribution in [1.82, 2.24) is 0 Å². The molecule has 0 unspecified atom stereocenters. The van der Waals surface area contributed by atoms with Gasteiger partial charge in [-0.1, -0.05) is 30.3 Å². The molecule has 0 aliphatic carbocycles. The summed E-state index contributed by atoms with van der Waals surface area (Å²) in [6.45, 7) is 3.85. The van der Waals surface area contributed by atoms with E-state index in [4.69, 9.17) is 14.0 Å². The van der Waals surface area contributed by atoms with Crippen molar-refractivity contribution in [3.8, 4) is 5.75 Å². The molecule has 148 valence electrons. The lowest BCUT2D eigenvalue weighted by atomic mass is 9.72. The number of hydrogen-bond acceptors (Lipinski definition) is 4. The first-order valence-electron chi connectivity index (χ1n) is 8.82. The Morgan fingerprint density at radius 2 is 1.89 bits per heavy atom. The fourth-order valence-electron chi connectivity index (χ4n) is 3.07. The number of carbonyl (C=O) groups is 1. The lowest BCUT2D eigenvalue weighted by Gasteiger charge is -2.21. The van der Waals surface area contributed by atoms with E-state index in [1.165, 1.54) is 12.1 Å². The molecular weight excluding hydrogens is 372 g/mol. The summed E-state index contributed by atoms with van der Waals surface area (Å²) < 4.78 is 56.9. The Hall–Kier alpha value is -2.32. The van der Waals surface area contributed by atoms with Gasteiger partial charge in [-0.05, 0) is 31.5 Å². The summed E-state index contributed by atoms with van der Waals surface area (Å²) in [6.07, 6.45) is -5.23. The summed E-state index contributed by atoms with van der Waals surface area (Å²) in [7, 11) is -1.06. The molecule has 0 spiro atoms. The average Bonchev–Trinajstić information content (AvgIpc) is 2.99. The second-order valence-electron chi connectivity index (χ2n) is 7.25. The zero-order chi connectivity index (χ0) is 20.4. The van der Waals surface area contributed by atoms with Crippen LogP contribution in [0.4, 0.5) is 13.2 Å². The summed E-state index contributed by atoms with van der Waals surface area (Å²) >= 11 is 0. The van der Waals surface area contributed by atoms with Gasteiger partial charge in [0.05, 0.1) is 18.6 Å². The van der Waals surface area contributed by atoms with Gasteiger partial charge in [-0.15, -0.1) is 0 Å². The fourth-order valence-corrected chi connectivity index (χ4v) is 3.07. The number of rotatable bonds is 6. The molecular formula is C20H20BF3O4. The highest BCUT2D eigenvalue weighted by molar-refractivity contribution is 6.64. The lowest BCUT2D eigenvalue weighted by Crippen LogP contribution is -2.40. The van der Waals surface area contributed by atoms with Crippen molar-refractivity contribution in [3.63, 3.8) is 0 Å². The molecule has 0 amide bonds. The maximum atomic E-state index is 13.3. The van der Waals surface area contributed by atoms with Crippen LogP contribution >= 0.6 is 0 Å². The van der Waals surface area contributed by atoms with Gasteiger partial charge in [0.15, 0.2) is 0 Å². The standard InChI is InChI=1S/C20H20BF3O4/c1-19(2)13-27-21(28-19)18-15(11-25)8-9-17(16(18)10-20(22,23)24)26-12-14-6-4-3-5-7-14/h3-9,11H,10,12-13H2,1-2H3. The van der Waals surface area contributed by atoms with E-state index < -0.39 is 25.3 Å². The third-order valence-corrected chi connectivity index (χ3v) is 4.33. The fraction of sp³-hybridized carbons (Fsp3) is 0.350. The van der Waals surface area contributed by atoms with Gasteiger partial charge in [0.1, 0.15) is 18.6 Å². The summed E-state index contributed by atoms with van der Waals surface area (Å²) in [6, 6.07) is 11.9. The summed E-state index contributed by atoms with van der Waals surface area (Å²) in [5.41, 5.74) is 0.172. The van der Waals surface area contributed by atoms with E-state index in [1.807, 2.05) is 30.3 Å². The monoisotopic (exact) mass is 392 g/mol. The molecule has 2 aromatic rings. The summed E-state index contributed by atoms with van der Waals surface area (Å²) in [4.78, 5) is 11.5. The van der Waals surface area contributed by atoms with Crippen LogP contribution in [-0.2, 0) is 22.3 Å². The second-order valence-corrected chi connectivity index (χ2v) is 7.25. The molecule has 1 fully saturated rings. The van der Waals surface area contributed by atoms with Gasteiger partial charge in [-0.25, -0.2) is 0 Å². The predicted octanol–water partition coefficient (Wildman–Crippen LogP) is 3.70. The number of carbonyl (C=O) groups excluding carboxylic acids is 1. The lowest BCUT2D eigenvalue weighted by molar-refractivity contribution is -0.127. The normalized spacial score (nSPS) is 16.2. The molecule has 0 atom stereocenters. The molecule has 8 heteroatoms. The van der Waals surface area contributed by atoms with Gasteiger partial charge in [0.25, 0.3) is 0 Å². The van der Waals surface area contributed by atoms with E-state index in [2.05, 4.69) is 0 Å². The Labute approximate surface area is 161 Å². The Morgan fingerprint density at radius 3 is 2.46 bits per heavy atom. The number of benzene rings is 2. The Balaban J connectivity index is 2.01. The van der Waals surface area contributed by atoms with Crippen LogP contribution in [0.5, 0.6) is 5.75 Å². The van der Waals surface area contributed by atoms with Crippen LogP contribution in [0.3, 0.4) is 0 Å². The van der Waals surface area contributed by atoms with Crippen LogP contribution in [0.1, 0.15) is 35.3 Å². The van der Waals surface area contributed by atoms with E-state index in [0.29, 0.717) is 6.29 Å². The number of alkyl halides is 3. The molecule has 28 heavy (non-hydrogen) atoms. The molecule has 1 aliphatic heterocycles. The first-order chi connectivity index (χ1) is 13.2. The van der Waals surface area contributed by atoms with Crippen LogP contribution < -0.4 is 10.2 Å². The van der Waals surface area contributed by atoms with E-state index in [9.17, 15) is 18.0 Å². The number of halogens is 3. The van der Waals surface area contributed by atoms with Crippen molar-refractivity contribution < 1.29 is 32.0 Å². The third kappa shape index (κ3) is 4.94. The minimum Gasteiger partial charge on any atom is -0.489 e. The molecule has 1 saturated heterocycles. The zero-order valence-corrected chi connectivity index (χ0v) is 15.6. The Bertz CT molecular complexity index is 837. The molecule has 2 aromatic carbocycles. The molecule has 1 heterocycles. The molecule has 0 radical (unpaired) electrons. The Morgan fingerprint density at radius 1 is 1.18 bits per heavy atom. The first kappa shape index (κ1) is 20.4. The topological polar surface area (TPSA) is 44.8 Å². The number of hydrogen-bond donors (Lipinski definition) is 0. The van der Waals surface area contributed by atoms with Crippen LogP contribution in [0, 0.1) is 0 Å². The van der Waals surface area contributed by atoms with Crippen LogP contribution in [-0.4, -0.2) is 31.8 Å². The quantitative estimate of drug-likeness (QED) is 0.556. The summed E-state index contributed by atoms with van der Waals surface area (Å²) in [5, 5.41) is 0. The molecule has 3 rings (SSSR count). The SMILES string of the molecule is CC1(C)COB(c2c(C=O)ccc(OCc3ccccc3)c2CC(F)(F)F)O1. The predicted molar refractivity (Wildman–Crippen MR) is 98.9 cm³/mol. The molecule has 0 aromatic heterocycles. The average molecular weight is 392 g/mol. The summed E-state index contributed by atoms with van der Waals surface area (Å²) in [5.74, 6) is 0.0543. The van der Waals surface area contributed by atoms with E-state index in [-0.39, 0.29) is 35.6 Å². The third-order valence-electron chi connectivity index (χ3n) is 4.33. The highest BCUT2D eigenvalue weighted by Crippen LogP contribution is 2.30. The van der Waals surface area contributed by atoms with Crippen molar-refractivity contribution in [2.75, 3.05) is 6.61 Å². The second kappa shape index (κ2) is 7.97. The highest BCUT2D eigenvalue weighted by Gasteiger charge is 2.43. The van der Waals surface area contributed by atoms with E-state index in [1.54, 1.807) is 13.8 Å². The Kier molecular flexibility index (Phi) is 5.81. The first-order valence-corrected chi connectivity index (χ1v) is 8.82. The molecule has 0 saturated carbocycles. The maximum absolute atomic E-state index is 13.3. The van der Waals surface area contributed by atoms with Gasteiger partial charge in [-0.2, -0.15) is 13.2 Å². The number of aldehydes is 1. The highest BCUT2D eigenvalue weighted by atomic mass is 19.4. The minimum atomic E-state index is -4.49. The van der Waals surface area contributed by atoms with Crippen molar-refractivity contribution in [2.24, 2.45) is 0 Å². The van der Waals surface area contributed by atoms with Gasteiger partial charge in [-0.3, -0.25) is 4.79 Å². The van der Waals surface area contributed by atoms with Crippen molar-refractivity contribution in [2.45, 2.75) is 38.7 Å². The largest absolute Gasteiger partial charge is 0.495 e. The zero-order valence-electron chi connectivity index (χ0n) is 15.6. The van der Waals surface area contributed by atoms with Crippen molar-refractivity contribution >= 4 is 18.9 Å².